The Hall–Kier alpha value is -0.830. The molecule has 0 radical (unpaired) electrons. The van der Waals surface area contributed by atoms with Crippen LogP contribution in [-0.4, -0.2) is 37.6 Å². The fourth-order valence-corrected chi connectivity index (χ4v) is 4.65. The summed E-state index contributed by atoms with van der Waals surface area (Å²) in [6.45, 7) is 5.52. The van der Waals surface area contributed by atoms with Crippen molar-refractivity contribution in [3.05, 3.63) is 11.6 Å². The number of ether oxygens (including phenoxy) is 1. The molecule has 1 saturated carbocycles. The molecule has 5 atom stereocenters. The molecule has 2 fully saturated rings. The van der Waals surface area contributed by atoms with Crippen LogP contribution in [0, 0.1) is 23.2 Å². The van der Waals surface area contributed by atoms with Gasteiger partial charge in [-0.15, -0.1) is 0 Å². The number of carbonyl (C=O) groups is 1. The van der Waals surface area contributed by atoms with Gasteiger partial charge in [0, 0.05) is 12.5 Å². The van der Waals surface area contributed by atoms with E-state index in [1.165, 1.54) is 19.3 Å². The molecule has 3 aliphatic rings. The van der Waals surface area contributed by atoms with Gasteiger partial charge in [-0.25, -0.2) is 0 Å². The average molecular weight is 277 g/mol. The number of allylic oxidation sites excluding steroid dienone is 1. The van der Waals surface area contributed by atoms with Crippen molar-refractivity contribution in [2.45, 2.75) is 45.6 Å². The smallest absolute Gasteiger partial charge is 0.311 e. The van der Waals surface area contributed by atoms with Crippen molar-refractivity contribution in [2.24, 2.45) is 23.2 Å². The summed E-state index contributed by atoms with van der Waals surface area (Å²) in [6.07, 6.45) is 7.43. The predicted molar refractivity (Wildman–Crippen MR) is 79.2 cm³/mol. The summed E-state index contributed by atoms with van der Waals surface area (Å²) in [5.41, 5.74) is 1.87. The third kappa shape index (κ3) is 2.20. The number of esters is 1. The average Bonchev–Trinajstić information content (AvgIpc) is 2.62. The van der Waals surface area contributed by atoms with Gasteiger partial charge in [0.2, 0.25) is 0 Å². The Kier molecular flexibility index (Phi) is 3.44. The molecule has 0 spiro atoms. The first kappa shape index (κ1) is 14.1. The molecule has 3 nitrogen and oxygen atoms in total. The highest BCUT2D eigenvalue weighted by molar-refractivity contribution is 5.76. The molecule has 1 saturated heterocycles. The van der Waals surface area contributed by atoms with Crippen LogP contribution >= 0.6 is 0 Å². The van der Waals surface area contributed by atoms with Crippen LogP contribution in [0.5, 0.6) is 0 Å². The van der Waals surface area contributed by atoms with Crippen LogP contribution in [0.4, 0.5) is 0 Å². The minimum atomic E-state index is 0.0143. The van der Waals surface area contributed by atoms with E-state index < -0.39 is 0 Å². The SMILES string of the molecule is C[C@H]1CCC[C@]2(C)C[C@H]3OC(=O)[C@@H](CN(C)C)[C@H]3C=C12. The Labute approximate surface area is 122 Å². The molecule has 0 amide bonds. The molecular formula is C17H27NO2. The van der Waals surface area contributed by atoms with Crippen molar-refractivity contribution in [3.63, 3.8) is 0 Å². The predicted octanol–water partition coefficient (Wildman–Crippen LogP) is 2.86. The molecule has 1 aliphatic heterocycles. The van der Waals surface area contributed by atoms with Crippen molar-refractivity contribution in [1.82, 2.24) is 4.90 Å². The molecule has 2 aliphatic carbocycles. The lowest BCUT2D eigenvalue weighted by molar-refractivity contribution is -0.145. The maximum atomic E-state index is 12.2. The minimum absolute atomic E-state index is 0.0143. The molecule has 112 valence electrons. The summed E-state index contributed by atoms with van der Waals surface area (Å²) in [6, 6.07) is 0. The van der Waals surface area contributed by atoms with Crippen LogP contribution in [-0.2, 0) is 9.53 Å². The van der Waals surface area contributed by atoms with Gasteiger partial charge in [0.1, 0.15) is 6.10 Å². The van der Waals surface area contributed by atoms with Crippen LogP contribution in [0.1, 0.15) is 39.5 Å². The van der Waals surface area contributed by atoms with E-state index in [9.17, 15) is 4.79 Å². The summed E-state index contributed by atoms with van der Waals surface area (Å²) >= 11 is 0. The summed E-state index contributed by atoms with van der Waals surface area (Å²) in [5, 5.41) is 0. The first-order valence-corrected chi connectivity index (χ1v) is 7.98. The topological polar surface area (TPSA) is 29.5 Å². The molecule has 0 aromatic heterocycles. The van der Waals surface area contributed by atoms with Crippen LogP contribution in [0.3, 0.4) is 0 Å². The molecule has 0 bridgehead atoms. The van der Waals surface area contributed by atoms with E-state index in [4.69, 9.17) is 4.74 Å². The van der Waals surface area contributed by atoms with Gasteiger partial charge in [-0.1, -0.05) is 31.9 Å². The van der Waals surface area contributed by atoms with Crippen LogP contribution < -0.4 is 0 Å². The van der Waals surface area contributed by atoms with Crippen molar-refractivity contribution in [3.8, 4) is 0 Å². The van der Waals surface area contributed by atoms with Gasteiger partial charge >= 0.3 is 5.97 Å². The van der Waals surface area contributed by atoms with Crippen molar-refractivity contribution >= 4 is 5.97 Å². The second-order valence-electron chi connectivity index (χ2n) is 7.60. The second-order valence-corrected chi connectivity index (χ2v) is 7.60. The van der Waals surface area contributed by atoms with Crippen LogP contribution in [0.25, 0.3) is 0 Å². The highest BCUT2D eigenvalue weighted by Gasteiger charge is 2.51. The Morgan fingerprint density at radius 3 is 2.90 bits per heavy atom. The fourth-order valence-electron chi connectivity index (χ4n) is 4.65. The Bertz CT molecular complexity index is 442. The fraction of sp³-hybridized carbons (Fsp3) is 0.824. The van der Waals surface area contributed by atoms with Gasteiger partial charge in [-0.3, -0.25) is 4.79 Å². The van der Waals surface area contributed by atoms with Gasteiger partial charge in [-0.2, -0.15) is 0 Å². The van der Waals surface area contributed by atoms with Crippen molar-refractivity contribution in [1.29, 1.82) is 0 Å². The lowest BCUT2D eigenvalue weighted by Crippen LogP contribution is -2.40. The molecule has 3 heteroatoms. The molecular weight excluding hydrogens is 250 g/mol. The number of hydrogen-bond acceptors (Lipinski definition) is 3. The lowest BCUT2D eigenvalue weighted by Gasteiger charge is -2.46. The van der Waals surface area contributed by atoms with Gasteiger partial charge in [0.05, 0.1) is 5.92 Å². The van der Waals surface area contributed by atoms with E-state index in [-0.39, 0.29) is 23.4 Å². The number of carbonyl (C=O) groups excluding carboxylic acids is 1. The third-order valence-corrected chi connectivity index (χ3v) is 5.64. The molecule has 0 unspecified atom stereocenters. The van der Waals surface area contributed by atoms with E-state index in [1.54, 1.807) is 5.57 Å². The van der Waals surface area contributed by atoms with Gasteiger partial charge in [-0.05, 0) is 44.7 Å². The number of nitrogens with zero attached hydrogens (tertiary/aromatic N) is 1. The van der Waals surface area contributed by atoms with Crippen molar-refractivity contribution in [2.75, 3.05) is 20.6 Å². The quantitative estimate of drug-likeness (QED) is 0.574. The zero-order valence-corrected chi connectivity index (χ0v) is 13.2. The van der Waals surface area contributed by atoms with Gasteiger partial charge in [0.15, 0.2) is 0 Å². The van der Waals surface area contributed by atoms with Crippen molar-refractivity contribution < 1.29 is 9.53 Å². The summed E-state index contributed by atoms with van der Waals surface area (Å²) in [7, 11) is 4.06. The number of fused-ring (bicyclic) bond motifs is 2. The van der Waals surface area contributed by atoms with E-state index in [0.29, 0.717) is 11.8 Å². The molecule has 0 aromatic carbocycles. The first-order chi connectivity index (χ1) is 9.40. The monoisotopic (exact) mass is 277 g/mol. The Balaban J connectivity index is 1.91. The lowest BCUT2D eigenvalue weighted by atomic mass is 9.59. The van der Waals surface area contributed by atoms with Gasteiger partial charge < -0.3 is 9.64 Å². The van der Waals surface area contributed by atoms with Crippen LogP contribution in [0.2, 0.25) is 0 Å². The molecule has 3 rings (SSSR count). The molecule has 20 heavy (non-hydrogen) atoms. The second kappa shape index (κ2) is 4.87. The number of hydrogen-bond donors (Lipinski definition) is 0. The van der Waals surface area contributed by atoms with E-state index >= 15 is 0 Å². The molecule has 0 aromatic rings. The summed E-state index contributed by atoms with van der Waals surface area (Å²) in [5.74, 6) is 1.01. The van der Waals surface area contributed by atoms with E-state index in [1.807, 2.05) is 14.1 Å². The molecule has 1 heterocycles. The first-order valence-electron chi connectivity index (χ1n) is 7.98. The highest BCUT2D eigenvalue weighted by Crippen LogP contribution is 2.53. The third-order valence-electron chi connectivity index (χ3n) is 5.64. The standard InChI is InChI=1S/C17H27NO2/c1-11-6-5-7-17(2)9-15-12(8-14(11)17)13(10-18(3)4)16(19)20-15/h8,11-13,15H,5-7,9-10H2,1-4H3/t11-,12+,13-,15+,17+/m0/s1. The summed E-state index contributed by atoms with van der Waals surface area (Å²) in [4.78, 5) is 14.3. The highest BCUT2D eigenvalue weighted by atomic mass is 16.6. The zero-order valence-electron chi connectivity index (χ0n) is 13.2. The van der Waals surface area contributed by atoms with Gasteiger partial charge in [0.25, 0.3) is 0 Å². The summed E-state index contributed by atoms with van der Waals surface area (Å²) < 4.78 is 5.72. The minimum Gasteiger partial charge on any atom is -0.461 e. The normalized spacial score (nSPS) is 43.9. The Morgan fingerprint density at radius 2 is 2.20 bits per heavy atom. The Morgan fingerprint density at radius 1 is 1.45 bits per heavy atom. The maximum absolute atomic E-state index is 12.2. The maximum Gasteiger partial charge on any atom is 0.311 e. The van der Waals surface area contributed by atoms with Crippen LogP contribution in [0.15, 0.2) is 11.6 Å². The van der Waals surface area contributed by atoms with E-state index in [2.05, 4.69) is 24.8 Å². The van der Waals surface area contributed by atoms with E-state index in [0.717, 1.165) is 13.0 Å². The molecule has 0 N–H and O–H groups in total. The largest absolute Gasteiger partial charge is 0.461 e. The number of rotatable bonds is 2. The zero-order chi connectivity index (χ0) is 14.5.